The number of hydrogen-bond donors (Lipinski definition) is 2. The molecule has 0 bridgehead atoms. The SMILES string of the molecule is Cc1cc(C2=CNSc3ccccc32)ccc1C(=O)O. The lowest BCUT2D eigenvalue weighted by atomic mass is 9.95. The summed E-state index contributed by atoms with van der Waals surface area (Å²) in [5.41, 5.74) is 4.39. The largest absolute Gasteiger partial charge is 0.478 e. The highest BCUT2D eigenvalue weighted by molar-refractivity contribution is 7.97. The minimum atomic E-state index is -0.888. The number of fused-ring (bicyclic) bond motifs is 1. The Balaban J connectivity index is 2.08. The van der Waals surface area contributed by atoms with Crippen molar-refractivity contribution in [2.45, 2.75) is 11.8 Å². The van der Waals surface area contributed by atoms with E-state index in [0.29, 0.717) is 5.56 Å². The monoisotopic (exact) mass is 283 g/mol. The van der Waals surface area contributed by atoms with Crippen molar-refractivity contribution >= 4 is 23.5 Å². The molecular weight excluding hydrogens is 270 g/mol. The Hall–Kier alpha value is -2.20. The van der Waals surface area contributed by atoms with Gasteiger partial charge in [0.1, 0.15) is 0 Å². The molecule has 4 heteroatoms. The Bertz CT molecular complexity index is 722. The molecule has 20 heavy (non-hydrogen) atoms. The van der Waals surface area contributed by atoms with Crippen molar-refractivity contribution in [1.29, 1.82) is 0 Å². The first-order chi connectivity index (χ1) is 9.66. The Kier molecular flexibility index (Phi) is 3.24. The Morgan fingerprint density at radius 1 is 1.20 bits per heavy atom. The van der Waals surface area contributed by atoms with E-state index >= 15 is 0 Å². The molecule has 0 saturated heterocycles. The van der Waals surface area contributed by atoms with Crippen molar-refractivity contribution in [2.24, 2.45) is 0 Å². The van der Waals surface area contributed by atoms with E-state index in [1.165, 1.54) is 10.5 Å². The van der Waals surface area contributed by atoms with Crippen LogP contribution in [0.3, 0.4) is 0 Å². The first-order valence-corrected chi connectivity index (χ1v) is 7.05. The van der Waals surface area contributed by atoms with Gasteiger partial charge < -0.3 is 9.83 Å². The molecule has 0 amide bonds. The van der Waals surface area contributed by atoms with Crippen LogP contribution in [0.15, 0.2) is 53.6 Å². The second-order valence-corrected chi connectivity index (χ2v) is 5.49. The van der Waals surface area contributed by atoms with Crippen molar-refractivity contribution in [3.05, 3.63) is 70.9 Å². The van der Waals surface area contributed by atoms with Crippen LogP contribution in [-0.2, 0) is 0 Å². The van der Waals surface area contributed by atoms with E-state index in [4.69, 9.17) is 5.11 Å². The second-order valence-electron chi connectivity index (χ2n) is 4.61. The first-order valence-electron chi connectivity index (χ1n) is 6.23. The van der Waals surface area contributed by atoms with Gasteiger partial charge in [-0.3, -0.25) is 0 Å². The first kappa shape index (κ1) is 12.8. The molecule has 0 saturated carbocycles. The zero-order valence-corrected chi connectivity index (χ0v) is 11.7. The molecule has 0 atom stereocenters. The van der Waals surface area contributed by atoms with Crippen molar-refractivity contribution in [2.75, 3.05) is 0 Å². The van der Waals surface area contributed by atoms with Crippen LogP contribution in [0.4, 0.5) is 0 Å². The third kappa shape index (κ3) is 2.18. The summed E-state index contributed by atoms with van der Waals surface area (Å²) in [5.74, 6) is -0.888. The molecule has 0 aromatic heterocycles. The number of aromatic carboxylic acids is 1. The zero-order valence-electron chi connectivity index (χ0n) is 10.9. The van der Waals surface area contributed by atoms with E-state index < -0.39 is 5.97 Å². The van der Waals surface area contributed by atoms with Crippen LogP contribution in [0.25, 0.3) is 5.57 Å². The summed E-state index contributed by atoms with van der Waals surface area (Å²) < 4.78 is 3.18. The second kappa shape index (κ2) is 5.06. The summed E-state index contributed by atoms with van der Waals surface area (Å²) in [6.45, 7) is 1.82. The predicted molar refractivity (Wildman–Crippen MR) is 80.7 cm³/mol. The lowest BCUT2D eigenvalue weighted by molar-refractivity contribution is 0.0696. The van der Waals surface area contributed by atoms with Crippen LogP contribution >= 0.6 is 11.9 Å². The third-order valence-electron chi connectivity index (χ3n) is 3.32. The maximum Gasteiger partial charge on any atom is 0.335 e. The van der Waals surface area contributed by atoms with Gasteiger partial charge in [-0.05, 0) is 47.7 Å². The van der Waals surface area contributed by atoms with E-state index in [0.717, 1.165) is 16.7 Å². The van der Waals surface area contributed by atoms with Crippen molar-refractivity contribution in [3.63, 3.8) is 0 Å². The van der Waals surface area contributed by atoms with Crippen LogP contribution in [0.2, 0.25) is 0 Å². The maximum absolute atomic E-state index is 11.1. The highest BCUT2D eigenvalue weighted by atomic mass is 32.2. The summed E-state index contributed by atoms with van der Waals surface area (Å²) in [4.78, 5) is 12.2. The molecule has 1 aliphatic heterocycles. The lowest BCUT2D eigenvalue weighted by Gasteiger charge is -2.18. The van der Waals surface area contributed by atoms with Gasteiger partial charge in [-0.1, -0.05) is 30.3 Å². The van der Waals surface area contributed by atoms with Crippen LogP contribution < -0.4 is 4.72 Å². The molecule has 100 valence electrons. The molecule has 2 aromatic rings. The summed E-state index contributed by atoms with van der Waals surface area (Å²) in [6, 6.07) is 13.6. The highest BCUT2D eigenvalue weighted by Gasteiger charge is 2.15. The van der Waals surface area contributed by atoms with Gasteiger partial charge in [0.15, 0.2) is 0 Å². The quantitative estimate of drug-likeness (QED) is 0.825. The summed E-state index contributed by atoms with van der Waals surface area (Å²) in [7, 11) is 0. The van der Waals surface area contributed by atoms with E-state index in [1.807, 2.05) is 37.4 Å². The molecule has 0 radical (unpaired) electrons. The van der Waals surface area contributed by atoms with Gasteiger partial charge in [0.25, 0.3) is 0 Å². The normalized spacial score (nSPS) is 13.2. The average molecular weight is 283 g/mol. The molecule has 2 aromatic carbocycles. The topological polar surface area (TPSA) is 49.3 Å². The van der Waals surface area contributed by atoms with Crippen LogP contribution in [0.1, 0.15) is 27.0 Å². The standard InChI is InChI=1S/C16H13NO2S/c1-10-8-11(6-7-12(10)16(18)19)14-9-17-20-15-5-3-2-4-13(14)15/h2-9,17H,1H3,(H,18,19). The van der Waals surface area contributed by atoms with Gasteiger partial charge in [-0.25, -0.2) is 4.79 Å². The number of carboxylic acids is 1. The van der Waals surface area contributed by atoms with Gasteiger partial charge in [-0.15, -0.1) is 0 Å². The molecule has 0 fully saturated rings. The van der Waals surface area contributed by atoms with Crippen LogP contribution in [-0.4, -0.2) is 11.1 Å². The highest BCUT2D eigenvalue weighted by Crippen LogP contribution is 2.34. The molecule has 2 N–H and O–H groups in total. The van der Waals surface area contributed by atoms with Crippen LogP contribution in [0.5, 0.6) is 0 Å². The van der Waals surface area contributed by atoms with Gasteiger partial charge in [0, 0.05) is 16.7 Å². The summed E-state index contributed by atoms with van der Waals surface area (Å²) in [5, 5.41) is 9.09. The number of carbonyl (C=O) groups is 1. The minimum Gasteiger partial charge on any atom is -0.478 e. The van der Waals surface area contributed by atoms with Gasteiger partial charge in [0.2, 0.25) is 0 Å². The molecule has 3 rings (SSSR count). The van der Waals surface area contributed by atoms with E-state index in [9.17, 15) is 4.79 Å². The van der Waals surface area contributed by atoms with Gasteiger partial charge in [0.05, 0.1) is 5.56 Å². The van der Waals surface area contributed by atoms with Gasteiger partial charge in [-0.2, -0.15) is 0 Å². The molecule has 0 unspecified atom stereocenters. The summed E-state index contributed by atoms with van der Waals surface area (Å²) in [6.07, 6.45) is 1.96. The number of benzene rings is 2. The number of nitrogens with one attached hydrogen (secondary N) is 1. The maximum atomic E-state index is 11.1. The van der Waals surface area contributed by atoms with E-state index in [-0.39, 0.29) is 0 Å². The number of aryl methyl sites for hydroxylation is 1. The van der Waals surface area contributed by atoms with Crippen molar-refractivity contribution in [3.8, 4) is 0 Å². The molecule has 3 nitrogen and oxygen atoms in total. The smallest absolute Gasteiger partial charge is 0.335 e. The molecule has 0 spiro atoms. The zero-order chi connectivity index (χ0) is 14.1. The van der Waals surface area contributed by atoms with Crippen LogP contribution in [0, 0.1) is 6.92 Å². The molecule has 1 aliphatic rings. The Morgan fingerprint density at radius 3 is 2.75 bits per heavy atom. The van der Waals surface area contributed by atoms with Crippen molar-refractivity contribution < 1.29 is 9.90 Å². The lowest BCUT2D eigenvalue weighted by Crippen LogP contribution is -2.05. The average Bonchev–Trinajstić information content (AvgIpc) is 2.46. The van der Waals surface area contributed by atoms with E-state index in [2.05, 4.69) is 16.9 Å². The molecular formula is C16H13NO2S. The van der Waals surface area contributed by atoms with Gasteiger partial charge >= 0.3 is 5.97 Å². The molecule has 0 aliphatic carbocycles. The fourth-order valence-electron chi connectivity index (χ4n) is 2.32. The fraction of sp³-hybridized carbons (Fsp3) is 0.0625. The fourth-order valence-corrected chi connectivity index (χ4v) is 3.06. The number of carboxylic acid groups (broad SMARTS) is 1. The number of hydrogen-bond acceptors (Lipinski definition) is 3. The summed E-state index contributed by atoms with van der Waals surface area (Å²) >= 11 is 1.58. The Morgan fingerprint density at radius 2 is 2.00 bits per heavy atom. The Labute approximate surface area is 121 Å². The van der Waals surface area contributed by atoms with Crippen molar-refractivity contribution in [1.82, 2.24) is 4.72 Å². The number of rotatable bonds is 2. The molecule has 1 heterocycles. The predicted octanol–water partition coefficient (Wildman–Crippen LogP) is 3.69. The minimum absolute atomic E-state index is 0.348. The third-order valence-corrected chi connectivity index (χ3v) is 4.13. The van der Waals surface area contributed by atoms with E-state index in [1.54, 1.807) is 18.0 Å².